The van der Waals surface area contributed by atoms with Gasteiger partial charge in [-0.15, -0.1) is 10.2 Å². The molecule has 1 amide bonds. The molecule has 1 aromatic heterocycles. The lowest BCUT2D eigenvalue weighted by Gasteiger charge is -2.31. The maximum Gasteiger partial charge on any atom is 0.243 e. The quantitative estimate of drug-likeness (QED) is 0.729. The van der Waals surface area contributed by atoms with Gasteiger partial charge in [0.15, 0.2) is 4.34 Å². The lowest BCUT2D eigenvalue weighted by Crippen LogP contribution is -2.46. The highest BCUT2D eigenvalue weighted by atomic mass is 32.2. The van der Waals surface area contributed by atoms with Gasteiger partial charge in [-0.05, 0) is 31.9 Å². The summed E-state index contributed by atoms with van der Waals surface area (Å²) >= 11 is 2.83. The molecule has 2 heterocycles. The molecule has 0 aliphatic carbocycles. The van der Waals surface area contributed by atoms with Gasteiger partial charge in [-0.3, -0.25) is 4.79 Å². The van der Waals surface area contributed by atoms with Crippen molar-refractivity contribution < 1.29 is 13.2 Å². The first-order chi connectivity index (χ1) is 12.4. The number of rotatable bonds is 6. The number of carbonyl (C=O) groups excluding carboxylic acids is 1. The molecule has 0 spiro atoms. The van der Waals surface area contributed by atoms with Gasteiger partial charge >= 0.3 is 0 Å². The molecule has 2 aromatic rings. The van der Waals surface area contributed by atoms with Gasteiger partial charge in [0, 0.05) is 19.1 Å². The molecule has 10 heteroatoms. The van der Waals surface area contributed by atoms with Crippen molar-refractivity contribution in [3.8, 4) is 0 Å². The van der Waals surface area contributed by atoms with E-state index in [1.807, 2.05) is 6.92 Å². The van der Waals surface area contributed by atoms with Gasteiger partial charge in [-0.2, -0.15) is 4.31 Å². The predicted molar refractivity (Wildman–Crippen MR) is 102 cm³/mol. The van der Waals surface area contributed by atoms with Crippen LogP contribution in [0.5, 0.6) is 0 Å². The van der Waals surface area contributed by atoms with E-state index in [4.69, 9.17) is 0 Å². The Morgan fingerprint density at radius 3 is 2.58 bits per heavy atom. The molecule has 0 unspecified atom stereocenters. The number of hydrogen-bond acceptors (Lipinski definition) is 7. The molecular formula is C16H20N4O3S3. The van der Waals surface area contributed by atoms with Crippen molar-refractivity contribution in [3.05, 3.63) is 35.3 Å². The zero-order valence-corrected chi connectivity index (χ0v) is 16.7. The van der Waals surface area contributed by atoms with Crippen LogP contribution < -0.4 is 5.32 Å². The Hall–Kier alpha value is -1.49. The summed E-state index contributed by atoms with van der Waals surface area (Å²) in [5.41, 5.74) is 0. The Kier molecular flexibility index (Phi) is 6.28. The smallest absolute Gasteiger partial charge is 0.243 e. The van der Waals surface area contributed by atoms with E-state index < -0.39 is 10.0 Å². The van der Waals surface area contributed by atoms with Crippen LogP contribution >= 0.6 is 23.1 Å². The first kappa shape index (κ1) is 19.3. The molecule has 1 aliphatic heterocycles. The molecular weight excluding hydrogens is 392 g/mol. The zero-order chi connectivity index (χ0) is 18.6. The Bertz CT molecular complexity index is 847. The van der Waals surface area contributed by atoms with Crippen molar-refractivity contribution in [1.82, 2.24) is 19.8 Å². The molecule has 0 radical (unpaired) electrons. The van der Waals surface area contributed by atoms with Gasteiger partial charge in [-0.25, -0.2) is 8.42 Å². The van der Waals surface area contributed by atoms with Gasteiger partial charge in [0.1, 0.15) is 5.01 Å². The molecule has 0 bridgehead atoms. The number of aromatic nitrogens is 2. The monoisotopic (exact) mass is 412 g/mol. The van der Waals surface area contributed by atoms with Crippen LogP contribution in [0.25, 0.3) is 0 Å². The molecule has 1 aromatic carbocycles. The Morgan fingerprint density at radius 2 is 1.96 bits per heavy atom. The predicted octanol–water partition coefficient (Wildman–Crippen LogP) is 1.91. The average molecular weight is 413 g/mol. The minimum atomic E-state index is -3.46. The molecule has 1 aliphatic rings. The van der Waals surface area contributed by atoms with Crippen LogP contribution in [0.15, 0.2) is 39.6 Å². The number of nitrogens with zero attached hydrogens (tertiary/aromatic N) is 3. The summed E-state index contributed by atoms with van der Waals surface area (Å²) < 4.78 is 27.5. The van der Waals surface area contributed by atoms with E-state index >= 15 is 0 Å². The maximum absolute atomic E-state index is 12.6. The SMILES string of the molecule is Cc1nnc(SCC(=O)NC2CCN(S(=O)(=O)c3ccccc3)CC2)s1. The normalized spacial score (nSPS) is 16.5. The number of nitrogens with one attached hydrogen (secondary N) is 1. The Balaban J connectivity index is 1.47. The zero-order valence-electron chi connectivity index (χ0n) is 14.3. The van der Waals surface area contributed by atoms with Gasteiger partial charge < -0.3 is 5.32 Å². The molecule has 0 atom stereocenters. The van der Waals surface area contributed by atoms with Crippen LogP contribution in [0, 0.1) is 6.92 Å². The maximum atomic E-state index is 12.6. The fourth-order valence-electron chi connectivity index (χ4n) is 2.72. The first-order valence-corrected chi connectivity index (χ1v) is 11.5. The van der Waals surface area contributed by atoms with Crippen LogP contribution in [-0.2, 0) is 14.8 Å². The van der Waals surface area contributed by atoms with E-state index in [9.17, 15) is 13.2 Å². The summed E-state index contributed by atoms with van der Waals surface area (Å²) in [5.74, 6) is 0.226. The van der Waals surface area contributed by atoms with E-state index in [1.54, 1.807) is 30.3 Å². The number of thioether (sulfide) groups is 1. The van der Waals surface area contributed by atoms with Gasteiger partial charge in [0.05, 0.1) is 10.6 Å². The average Bonchev–Trinajstić information content (AvgIpc) is 3.06. The largest absolute Gasteiger partial charge is 0.353 e. The van der Waals surface area contributed by atoms with Crippen molar-refractivity contribution >= 4 is 39.0 Å². The summed E-state index contributed by atoms with van der Waals surface area (Å²) in [4.78, 5) is 12.4. The van der Waals surface area contributed by atoms with Gasteiger partial charge in [0.2, 0.25) is 15.9 Å². The molecule has 26 heavy (non-hydrogen) atoms. The number of hydrogen-bond donors (Lipinski definition) is 1. The fourth-order valence-corrected chi connectivity index (χ4v) is 5.83. The lowest BCUT2D eigenvalue weighted by molar-refractivity contribution is -0.119. The summed E-state index contributed by atoms with van der Waals surface area (Å²) in [5, 5.41) is 11.8. The summed E-state index contributed by atoms with van der Waals surface area (Å²) in [6, 6.07) is 8.45. The van der Waals surface area contributed by atoms with Crippen molar-refractivity contribution in [1.29, 1.82) is 0 Å². The van der Waals surface area contributed by atoms with Crippen molar-refractivity contribution in [2.75, 3.05) is 18.8 Å². The minimum Gasteiger partial charge on any atom is -0.353 e. The Labute approximate surface area is 161 Å². The topological polar surface area (TPSA) is 92.3 Å². The van der Waals surface area contributed by atoms with E-state index in [2.05, 4.69) is 15.5 Å². The van der Waals surface area contributed by atoms with Crippen LogP contribution in [0.2, 0.25) is 0 Å². The molecule has 1 N–H and O–H groups in total. The second-order valence-corrected chi connectivity index (χ2v) is 10.3. The lowest BCUT2D eigenvalue weighted by atomic mass is 10.1. The molecule has 1 saturated heterocycles. The molecule has 1 fully saturated rings. The number of amides is 1. The third kappa shape index (κ3) is 4.81. The second-order valence-electron chi connectivity index (χ2n) is 5.93. The van der Waals surface area contributed by atoms with E-state index in [0.29, 0.717) is 30.8 Å². The van der Waals surface area contributed by atoms with Gasteiger partial charge in [0.25, 0.3) is 0 Å². The summed E-state index contributed by atoms with van der Waals surface area (Å²) in [7, 11) is -3.46. The first-order valence-electron chi connectivity index (χ1n) is 8.22. The van der Waals surface area contributed by atoms with E-state index in [-0.39, 0.29) is 17.7 Å². The number of benzene rings is 1. The molecule has 140 valence electrons. The van der Waals surface area contributed by atoms with Crippen LogP contribution in [0.3, 0.4) is 0 Å². The van der Waals surface area contributed by atoms with E-state index in [0.717, 1.165) is 9.35 Å². The standard InChI is InChI=1S/C16H20N4O3S3/c1-12-18-19-16(25-12)24-11-15(21)17-13-7-9-20(10-8-13)26(22,23)14-5-3-2-4-6-14/h2-6,13H,7-11H2,1H3,(H,17,21). The molecule has 7 nitrogen and oxygen atoms in total. The van der Waals surface area contributed by atoms with Crippen LogP contribution in [0.4, 0.5) is 0 Å². The number of aryl methyl sites for hydroxylation is 1. The molecule has 3 rings (SSSR count). The van der Waals surface area contributed by atoms with E-state index in [1.165, 1.54) is 27.4 Å². The van der Waals surface area contributed by atoms with Crippen LogP contribution in [-0.4, -0.2) is 53.7 Å². The van der Waals surface area contributed by atoms with Crippen molar-refractivity contribution in [3.63, 3.8) is 0 Å². The second kappa shape index (κ2) is 8.47. The molecule has 0 saturated carbocycles. The van der Waals surface area contributed by atoms with Crippen LogP contribution in [0.1, 0.15) is 17.8 Å². The highest BCUT2D eigenvalue weighted by Crippen LogP contribution is 2.23. The third-order valence-corrected chi connectivity index (χ3v) is 7.92. The van der Waals surface area contributed by atoms with Crippen molar-refractivity contribution in [2.45, 2.75) is 35.0 Å². The minimum absolute atomic E-state index is 0.00137. The number of carbonyl (C=O) groups is 1. The van der Waals surface area contributed by atoms with Crippen molar-refractivity contribution in [2.24, 2.45) is 0 Å². The number of piperidine rings is 1. The summed E-state index contributed by atoms with van der Waals surface area (Å²) in [6.07, 6.45) is 1.22. The number of sulfonamides is 1. The highest BCUT2D eigenvalue weighted by molar-refractivity contribution is 8.01. The third-order valence-electron chi connectivity index (χ3n) is 4.03. The fraction of sp³-hybridized carbons (Fsp3) is 0.438. The summed E-state index contributed by atoms with van der Waals surface area (Å²) in [6.45, 7) is 2.69. The van der Waals surface area contributed by atoms with Gasteiger partial charge in [-0.1, -0.05) is 41.3 Å². The highest BCUT2D eigenvalue weighted by Gasteiger charge is 2.29. The Morgan fingerprint density at radius 1 is 1.27 bits per heavy atom.